The summed E-state index contributed by atoms with van der Waals surface area (Å²) in [6.45, 7) is 4.70. The van der Waals surface area contributed by atoms with Gasteiger partial charge in [-0.3, -0.25) is 0 Å². The summed E-state index contributed by atoms with van der Waals surface area (Å²) in [5.41, 5.74) is 15.1. The Bertz CT molecular complexity index is 3110. The first kappa shape index (κ1) is 31.6. The summed E-state index contributed by atoms with van der Waals surface area (Å²) in [6, 6.07) is 68.5. The van der Waals surface area contributed by atoms with Gasteiger partial charge in [-0.2, -0.15) is 0 Å². The summed E-state index contributed by atoms with van der Waals surface area (Å²) < 4.78 is 6.42. The van der Waals surface area contributed by atoms with Gasteiger partial charge < -0.3 is 9.32 Å². The van der Waals surface area contributed by atoms with Crippen molar-refractivity contribution in [1.82, 2.24) is 0 Å². The van der Waals surface area contributed by atoms with E-state index in [1.165, 1.54) is 54.9 Å². The summed E-state index contributed by atoms with van der Waals surface area (Å²) in [5.74, 6) is 0. The van der Waals surface area contributed by atoms with Gasteiger partial charge in [0.1, 0.15) is 11.2 Å². The fourth-order valence-corrected chi connectivity index (χ4v) is 9.04. The normalized spacial score (nSPS) is 13.1. The third-order valence-electron chi connectivity index (χ3n) is 11.9. The van der Waals surface area contributed by atoms with Crippen LogP contribution in [0.5, 0.6) is 0 Å². The number of furan rings is 1. The number of anilines is 3. The van der Waals surface area contributed by atoms with Crippen LogP contribution in [0.25, 0.3) is 76.9 Å². The second-order valence-electron chi connectivity index (χ2n) is 15.3. The molecule has 11 rings (SSSR count). The molecule has 10 aromatic rings. The lowest BCUT2D eigenvalue weighted by molar-refractivity contribution is 0.660. The van der Waals surface area contributed by atoms with Gasteiger partial charge >= 0.3 is 0 Å². The average Bonchev–Trinajstić information content (AvgIpc) is 3.73. The van der Waals surface area contributed by atoms with Crippen LogP contribution < -0.4 is 4.90 Å². The molecule has 260 valence electrons. The van der Waals surface area contributed by atoms with Crippen molar-refractivity contribution in [2.24, 2.45) is 0 Å². The van der Waals surface area contributed by atoms with Gasteiger partial charge in [-0.15, -0.1) is 0 Å². The monoisotopic (exact) mass is 703 g/mol. The van der Waals surface area contributed by atoms with Crippen LogP contribution >= 0.6 is 0 Å². The number of rotatable bonds is 5. The van der Waals surface area contributed by atoms with Crippen molar-refractivity contribution in [3.8, 4) is 33.4 Å². The topological polar surface area (TPSA) is 16.4 Å². The van der Waals surface area contributed by atoms with Crippen molar-refractivity contribution in [3.05, 3.63) is 199 Å². The van der Waals surface area contributed by atoms with Crippen molar-refractivity contribution < 1.29 is 4.42 Å². The zero-order valence-corrected chi connectivity index (χ0v) is 30.8. The Balaban J connectivity index is 1.01. The first-order valence-electron chi connectivity index (χ1n) is 19.1. The van der Waals surface area contributed by atoms with Gasteiger partial charge in [0.25, 0.3) is 0 Å². The minimum atomic E-state index is -0.103. The average molecular weight is 704 g/mol. The molecule has 0 unspecified atom stereocenters. The molecular formula is C53H37NO. The predicted octanol–water partition coefficient (Wildman–Crippen LogP) is 15.0. The van der Waals surface area contributed by atoms with Gasteiger partial charge in [0, 0.05) is 38.8 Å². The van der Waals surface area contributed by atoms with Gasteiger partial charge in [-0.05, 0) is 109 Å². The van der Waals surface area contributed by atoms with Crippen LogP contribution in [-0.2, 0) is 5.41 Å². The molecule has 2 nitrogen and oxygen atoms in total. The molecule has 0 radical (unpaired) electrons. The molecule has 55 heavy (non-hydrogen) atoms. The van der Waals surface area contributed by atoms with Crippen molar-refractivity contribution in [1.29, 1.82) is 0 Å². The van der Waals surface area contributed by atoms with Gasteiger partial charge in [0.2, 0.25) is 0 Å². The van der Waals surface area contributed by atoms with E-state index >= 15 is 0 Å². The van der Waals surface area contributed by atoms with Gasteiger partial charge in [0.05, 0.1) is 0 Å². The van der Waals surface area contributed by atoms with Crippen LogP contribution in [0.15, 0.2) is 192 Å². The van der Waals surface area contributed by atoms with E-state index < -0.39 is 0 Å². The molecule has 0 saturated carbocycles. The molecule has 2 heteroatoms. The number of fused-ring (bicyclic) bond motifs is 9. The van der Waals surface area contributed by atoms with Crippen LogP contribution in [0.3, 0.4) is 0 Å². The van der Waals surface area contributed by atoms with E-state index in [4.69, 9.17) is 4.42 Å². The molecule has 0 amide bonds. The highest BCUT2D eigenvalue weighted by molar-refractivity contribution is 6.10. The molecule has 0 saturated heterocycles. The number of para-hydroxylation sites is 2. The number of hydrogen-bond donors (Lipinski definition) is 0. The van der Waals surface area contributed by atoms with E-state index in [-0.39, 0.29) is 5.41 Å². The lowest BCUT2D eigenvalue weighted by Crippen LogP contribution is -2.16. The van der Waals surface area contributed by atoms with Crippen molar-refractivity contribution >= 4 is 60.5 Å². The lowest BCUT2D eigenvalue weighted by atomic mass is 9.82. The fraction of sp³-hybridized carbons (Fsp3) is 0.0566. The van der Waals surface area contributed by atoms with E-state index in [2.05, 4.69) is 195 Å². The second-order valence-corrected chi connectivity index (χ2v) is 15.3. The fourth-order valence-electron chi connectivity index (χ4n) is 9.04. The summed E-state index contributed by atoms with van der Waals surface area (Å²) in [7, 11) is 0. The summed E-state index contributed by atoms with van der Waals surface area (Å²) in [5, 5.41) is 7.38. The predicted molar refractivity (Wildman–Crippen MR) is 232 cm³/mol. The largest absolute Gasteiger partial charge is 0.455 e. The van der Waals surface area contributed by atoms with Gasteiger partial charge in [-0.25, -0.2) is 0 Å². The Morgan fingerprint density at radius 1 is 0.382 bits per heavy atom. The van der Waals surface area contributed by atoms with E-state index in [0.29, 0.717) is 0 Å². The maximum absolute atomic E-state index is 6.42. The summed E-state index contributed by atoms with van der Waals surface area (Å²) >= 11 is 0. The van der Waals surface area contributed by atoms with Crippen LogP contribution in [0, 0.1) is 0 Å². The highest BCUT2D eigenvalue weighted by Crippen LogP contribution is 2.51. The highest BCUT2D eigenvalue weighted by atomic mass is 16.3. The Labute approximate surface area is 320 Å². The SMILES string of the molecule is CC1(C)c2ccccc2-c2ccc(N(c3ccc(-c4ccc5c(ccc6ccccc65)c4)cc3)c3ccc(-c4cccc5c4oc4ccccc45)cc3)cc21. The summed E-state index contributed by atoms with van der Waals surface area (Å²) in [4.78, 5) is 2.39. The Morgan fingerprint density at radius 3 is 1.82 bits per heavy atom. The molecule has 1 aliphatic carbocycles. The Morgan fingerprint density at radius 2 is 0.982 bits per heavy atom. The maximum atomic E-state index is 6.42. The van der Waals surface area contributed by atoms with E-state index in [1.807, 2.05) is 12.1 Å². The number of hydrogen-bond acceptors (Lipinski definition) is 2. The zero-order valence-electron chi connectivity index (χ0n) is 30.8. The minimum Gasteiger partial charge on any atom is -0.455 e. The van der Waals surface area contributed by atoms with Crippen LogP contribution in [-0.4, -0.2) is 0 Å². The minimum absolute atomic E-state index is 0.103. The molecule has 1 heterocycles. The Hall–Kier alpha value is -6.90. The zero-order chi connectivity index (χ0) is 36.7. The van der Waals surface area contributed by atoms with E-state index in [1.54, 1.807) is 0 Å². The van der Waals surface area contributed by atoms with Crippen LogP contribution in [0.4, 0.5) is 17.1 Å². The standard InChI is InChI=1S/C53H37NO/c1-53(2)49-16-7-5-12-45(49)46-31-29-41(33-50(46)53)54(40-27-22-36(23-28-40)44-14-9-15-48-47-13-6-8-17-51(47)55-52(44)48)39-25-20-34(21-26-39)37-24-30-43-38(32-37)19-18-35-10-3-4-11-42(35)43/h3-33H,1-2H3. The molecule has 0 aliphatic heterocycles. The van der Waals surface area contributed by atoms with Crippen LogP contribution in [0.1, 0.15) is 25.0 Å². The molecule has 0 N–H and O–H groups in total. The van der Waals surface area contributed by atoms with Crippen molar-refractivity contribution in [2.75, 3.05) is 4.90 Å². The number of nitrogens with zero attached hydrogens (tertiary/aromatic N) is 1. The molecule has 0 atom stereocenters. The van der Waals surface area contributed by atoms with E-state index in [0.717, 1.165) is 50.1 Å². The number of benzene rings is 9. The highest BCUT2D eigenvalue weighted by Gasteiger charge is 2.35. The first-order chi connectivity index (χ1) is 27.0. The second kappa shape index (κ2) is 12.1. The smallest absolute Gasteiger partial charge is 0.143 e. The van der Waals surface area contributed by atoms with Gasteiger partial charge in [-0.1, -0.05) is 153 Å². The molecule has 0 bridgehead atoms. The quantitative estimate of drug-likeness (QED) is 0.166. The third kappa shape index (κ3) is 4.95. The molecule has 0 spiro atoms. The third-order valence-corrected chi connectivity index (χ3v) is 11.9. The first-order valence-corrected chi connectivity index (χ1v) is 19.1. The lowest BCUT2D eigenvalue weighted by Gasteiger charge is -2.28. The molecule has 0 fully saturated rings. The van der Waals surface area contributed by atoms with Crippen molar-refractivity contribution in [2.45, 2.75) is 19.3 Å². The molecule has 1 aromatic heterocycles. The molecular weight excluding hydrogens is 667 g/mol. The van der Waals surface area contributed by atoms with Gasteiger partial charge in [0.15, 0.2) is 0 Å². The van der Waals surface area contributed by atoms with Crippen LogP contribution in [0.2, 0.25) is 0 Å². The molecule has 1 aliphatic rings. The molecule has 9 aromatic carbocycles. The Kier molecular flexibility index (Phi) is 6.93. The van der Waals surface area contributed by atoms with Crippen molar-refractivity contribution in [3.63, 3.8) is 0 Å². The summed E-state index contributed by atoms with van der Waals surface area (Å²) in [6.07, 6.45) is 0. The van der Waals surface area contributed by atoms with E-state index in [9.17, 15) is 0 Å². The maximum Gasteiger partial charge on any atom is 0.143 e.